The van der Waals surface area contributed by atoms with Crippen LogP contribution in [0.5, 0.6) is 5.88 Å². The van der Waals surface area contributed by atoms with Gasteiger partial charge in [0.25, 0.3) is 5.89 Å². The van der Waals surface area contributed by atoms with Crippen molar-refractivity contribution in [3.63, 3.8) is 0 Å². The number of hydrogen-bond acceptors (Lipinski definition) is 10. The summed E-state index contributed by atoms with van der Waals surface area (Å²) in [5, 5.41) is 3.64. The van der Waals surface area contributed by atoms with E-state index in [0.29, 0.717) is 5.82 Å². The first-order valence-corrected chi connectivity index (χ1v) is 11.8. The fourth-order valence-electron chi connectivity index (χ4n) is 3.40. The number of halogens is 2. The van der Waals surface area contributed by atoms with Crippen LogP contribution < -0.4 is 10.5 Å². The zero-order valence-corrected chi connectivity index (χ0v) is 19.8. The molecule has 2 N–H and O–H groups in total. The lowest BCUT2D eigenvalue weighted by Crippen LogP contribution is -2.50. The van der Waals surface area contributed by atoms with E-state index in [1.165, 1.54) is 38.5 Å². The molecular weight excluding hydrogens is 484 g/mol. The molecule has 1 aliphatic heterocycles. The van der Waals surface area contributed by atoms with Gasteiger partial charge >= 0.3 is 0 Å². The molecule has 35 heavy (non-hydrogen) atoms. The summed E-state index contributed by atoms with van der Waals surface area (Å²) in [6, 6.07) is 3.78. The first-order valence-electron chi connectivity index (χ1n) is 10.2. The lowest BCUT2D eigenvalue weighted by Gasteiger charge is -2.34. The largest absolute Gasteiger partial charge is 0.466 e. The minimum atomic E-state index is -3.81. The van der Waals surface area contributed by atoms with Gasteiger partial charge in [0.05, 0.1) is 18.1 Å². The number of aryl methyl sites for hydroxylation is 1. The molecule has 3 heterocycles. The Balaban J connectivity index is 1.55. The summed E-state index contributed by atoms with van der Waals surface area (Å²) in [4.78, 5) is 16.1. The molecule has 0 aliphatic carbocycles. The average molecular weight is 506 g/mol. The van der Waals surface area contributed by atoms with E-state index < -0.39 is 33.0 Å². The summed E-state index contributed by atoms with van der Waals surface area (Å²) in [6.07, 6.45) is 3.51. The summed E-state index contributed by atoms with van der Waals surface area (Å²) in [7, 11) is -2.54. The SMILES string of the molecule is Cc1noc(COc2cnc(/C(F)=C/c3ccc(F)c([C@]4(C)CS(=O)(=O)N(C)C(N)=N4)c3)cn2)n1. The van der Waals surface area contributed by atoms with E-state index >= 15 is 0 Å². The van der Waals surface area contributed by atoms with Gasteiger partial charge in [-0.05, 0) is 37.6 Å². The molecule has 184 valence electrons. The van der Waals surface area contributed by atoms with Crippen LogP contribution in [0.1, 0.15) is 35.5 Å². The lowest BCUT2D eigenvalue weighted by atomic mass is 9.92. The molecule has 0 amide bonds. The second-order valence-corrected chi connectivity index (χ2v) is 9.96. The van der Waals surface area contributed by atoms with Gasteiger partial charge in [-0.3, -0.25) is 0 Å². The van der Waals surface area contributed by atoms with E-state index in [1.54, 1.807) is 6.92 Å². The van der Waals surface area contributed by atoms with Crippen molar-refractivity contribution < 1.29 is 26.5 Å². The minimum Gasteiger partial charge on any atom is -0.466 e. The number of benzene rings is 1. The van der Waals surface area contributed by atoms with Gasteiger partial charge < -0.3 is 15.0 Å². The summed E-state index contributed by atoms with van der Waals surface area (Å²) >= 11 is 0. The normalized spacial score (nSPS) is 20.0. The highest BCUT2D eigenvalue weighted by Gasteiger charge is 2.41. The standard InChI is InChI=1S/C21H21F2N7O4S/c1-12-27-19(34-29-12)10-33-18-9-25-17(8-26-18)16(23)7-13-4-5-15(22)14(6-13)21(2)11-35(31,32)30(3)20(24)28-21/h4-9H,10-11H2,1-3H3,(H2,24,28)/b16-7-/t21-/m0/s1. The predicted octanol–water partition coefficient (Wildman–Crippen LogP) is 2.16. The van der Waals surface area contributed by atoms with Crippen molar-refractivity contribution in [1.82, 2.24) is 24.4 Å². The number of rotatable bonds is 6. The molecule has 4 rings (SSSR count). The first kappa shape index (κ1) is 24.2. The maximum atomic E-state index is 14.9. The highest BCUT2D eigenvalue weighted by Crippen LogP contribution is 2.34. The molecule has 0 saturated carbocycles. The Hall–Kier alpha value is -3.94. The van der Waals surface area contributed by atoms with Crippen LogP contribution in [0.15, 0.2) is 40.1 Å². The Kier molecular flexibility index (Phi) is 6.23. The third-order valence-electron chi connectivity index (χ3n) is 5.21. The van der Waals surface area contributed by atoms with E-state index in [1.807, 2.05) is 0 Å². The van der Waals surface area contributed by atoms with Crippen LogP contribution in [0.2, 0.25) is 0 Å². The van der Waals surface area contributed by atoms with E-state index in [9.17, 15) is 17.2 Å². The Morgan fingerprint density at radius 3 is 2.74 bits per heavy atom. The van der Waals surface area contributed by atoms with Crippen LogP contribution in [0.3, 0.4) is 0 Å². The number of nitrogens with two attached hydrogens (primary N) is 1. The molecule has 0 radical (unpaired) electrons. The van der Waals surface area contributed by atoms with Gasteiger partial charge in [-0.2, -0.15) is 4.98 Å². The Bertz CT molecular complexity index is 1420. The third kappa shape index (κ3) is 5.11. The topological polar surface area (TPSA) is 150 Å². The fraction of sp³-hybridized carbons (Fsp3) is 0.286. The van der Waals surface area contributed by atoms with Crippen molar-refractivity contribution in [3.8, 4) is 5.88 Å². The van der Waals surface area contributed by atoms with Crippen LogP contribution in [0, 0.1) is 12.7 Å². The molecule has 3 aromatic rings. The molecule has 14 heteroatoms. The van der Waals surface area contributed by atoms with E-state index in [4.69, 9.17) is 15.0 Å². The zero-order chi connectivity index (χ0) is 25.4. The number of aliphatic imine (C=N–C) groups is 1. The number of ether oxygens (including phenoxy) is 1. The van der Waals surface area contributed by atoms with Gasteiger partial charge in [0, 0.05) is 12.6 Å². The number of nitrogens with zero attached hydrogens (tertiary/aromatic N) is 6. The molecule has 2 aromatic heterocycles. The van der Waals surface area contributed by atoms with Gasteiger partial charge in [0.2, 0.25) is 21.9 Å². The average Bonchev–Trinajstić information content (AvgIpc) is 3.22. The molecule has 0 bridgehead atoms. The van der Waals surface area contributed by atoms with Crippen molar-refractivity contribution in [3.05, 3.63) is 64.9 Å². The lowest BCUT2D eigenvalue weighted by molar-refractivity contribution is 0.234. The molecule has 0 unspecified atom stereocenters. The number of sulfonamides is 1. The molecule has 1 aliphatic rings. The maximum Gasteiger partial charge on any atom is 0.264 e. The van der Waals surface area contributed by atoms with Crippen molar-refractivity contribution in [2.24, 2.45) is 10.7 Å². The molecule has 0 spiro atoms. The van der Waals surface area contributed by atoms with Crippen LogP contribution in [-0.2, 0) is 22.2 Å². The molecular formula is C21H21F2N7O4S. The van der Waals surface area contributed by atoms with Crippen LogP contribution >= 0.6 is 0 Å². The van der Waals surface area contributed by atoms with Crippen molar-refractivity contribution in [2.75, 3.05) is 12.8 Å². The number of hydrogen-bond donors (Lipinski definition) is 1. The minimum absolute atomic E-state index is 0.0250. The summed E-state index contributed by atoms with van der Waals surface area (Å²) < 4.78 is 65.5. The van der Waals surface area contributed by atoms with Gasteiger partial charge in [-0.25, -0.2) is 36.5 Å². The van der Waals surface area contributed by atoms with Crippen molar-refractivity contribution >= 4 is 27.9 Å². The van der Waals surface area contributed by atoms with Crippen LogP contribution in [0.25, 0.3) is 11.9 Å². The molecule has 1 aromatic carbocycles. The van der Waals surface area contributed by atoms with Crippen LogP contribution in [0.4, 0.5) is 8.78 Å². The number of guanidine groups is 1. The monoisotopic (exact) mass is 505 g/mol. The van der Waals surface area contributed by atoms with E-state index in [-0.39, 0.29) is 41.2 Å². The van der Waals surface area contributed by atoms with Gasteiger partial charge in [-0.1, -0.05) is 11.2 Å². The smallest absolute Gasteiger partial charge is 0.264 e. The van der Waals surface area contributed by atoms with Crippen molar-refractivity contribution in [2.45, 2.75) is 26.0 Å². The van der Waals surface area contributed by atoms with E-state index in [0.717, 1.165) is 16.4 Å². The second kappa shape index (κ2) is 9.02. The third-order valence-corrected chi connectivity index (χ3v) is 7.16. The highest BCUT2D eigenvalue weighted by molar-refractivity contribution is 7.89. The quantitative estimate of drug-likeness (QED) is 0.532. The Labute approximate surface area is 199 Å². The molecule has 11 nitrogen and oxygen atoms in total. The summed E-state index contributed by atoms with van der Waals surface area (Å²) in [5.74, 6) is -1.38. The fourth-order valence-corrected chi connectivity index (χ4v) is 4.85. The Morgan fingerprint density at radius 1 is 1.34 bits per heavy atom. The maximum absolute atomic E-state index is 14.9. The molecule has 0 saturated heterocycles. The van der Waals surface area contributed by atoms with Gasteiger partial charge in [0.15, 0.2) is 18.3 Å². The summed E-state index contributed by atoms with van der Waals surface area (Å²) in [5.41, 5.74) is 4.39. The predicted molar refractivity (Wildman–Crippen MR) is 121 cm³/mol. The summed E-state index contributed by atoms with van der Waals surface area (Å²) in [6.45, 7) is 3.09. The second-order valence-electron chi connectivity index (χ2n) is 7.96. The first-order chi connectivity index (χ1) is 16.5. The van der Waals surface area contributed by atoms with E-state index in [2.05, 4.69) is 25.1 Å². The molecule has 1 atom stereocenters. The zero-order valence-electron chi connectivity index (χ0n) is 18.9. The molecule has 0 fully saturated rings. The van der Waals surface area contributed by atoms with Gasteiger partial charge in [-0.15, -0.1) is 0 Å². The number of aromatic nitrogens is 4. The van der Waals surface area contributed by atoms with Crippen molar-refractivity contribution in [1.29, 1.82) is 0 Å². The Morgan fingerprint density at radius 2 is 2.11 bits per heavy atom. The van der Waals surface area contributed by atoms with Gasteiger partial charge in [0.1, 0.15) is 17.1 Å². The highest BCUT2D eigenvalue weighted by atomic mass is 32.2. The van der Waals surface area contributed by atoms with Crippen LogP contribution in [-0.4, -0.2) is 51.6 Å².